The van der Waals surface area contributed by atoms with E-state index in [0.29, 0.717) is 11.4 Å². The number of amides is 1. The minimum atomic E-state index is -1.47. The molecule has 216 valence electrons. The van der Waals surface area contributed by atoms with Gasteiger partial charge in [0.1, 0.15) is 12.1 Å². The molecule has 0 fully saturated rings. The Morgan fingerprint density at radius 1 is 1.02 bits per heavy atom. The van der Waals surface area contributed by atoms with Gasteiger partial charge in [-0.1, -0.05) is 0 Å². The van der Waals surface area contributed by atoms with Gasteiger partial charge >= 0.3 is 23.9 Å². The maximum atomic E-state index is 12.6. The van der Waals surface area contributed by atoms with Crippen molar-refractivity contribution in [3.8, 4) is 0 Å². The standard InChI is InChI=1S/C24H26N8O9/c25-14(5-7-16(33)34)23(40)41-17(35)8-6-15(22(38)39)30-20(36)11-1-3-12(4-2-11)27-9-13-10-28-19-18(29-13)21(37)32-24(26)31-19/h1-4,10,14-15,27H,5-9,25H2,(H,30,36)(H,33,34)(H,38,39)(H3,26,28,31,32,37)/t14-,15?/m0/s1. The molecule has 3 aromatic rings. The van der Waals surface area contributed by atoms with Gasteiger partial charge in [-0.2, -0.15) is 4.98 Å². The Labute approximate surface area is 230 Å². The Bertz CT molecular complexity index is 1520. The number of aromatic amines is 1. The van der Waals surface area contributed by atoms with Gasteiger partial charge in [0.15, 0.2) is 11.2 Å². The molecule has 2 atom stereocenters. The number of H-pyrrole nitrogens is 1. The number of rotatable bonds is 13. The third-order valence-electron chi connectivity index (χ3n) is 5.53. The SMILES string of the molecule is Nc1nc2ncc(CNc3ccc(C(=O)NC(CCC(=O)OC(=O)[C@@H](N)CCC(=O)O)C(=O)O)cc3)nc2c(=O)[nH]1. The number of carboxylic acids is 2. The lowest BCUT2D eigenvalue weighted by molar-refractivity contribution is -0.160. The number of nitrogens with zero attached hydrogens (tertiary/aromatic N) is 3. The molecule has 0 aliphatic rings. The predicted molar refractivity (Wildman–Crippen MR) is 140 cm³/mol. The first-order valence-electron chi connectivity index (χ1n) is 12.0. The zero-order valence-electron chi connectivity index (χ0n) is 21.3. The molecule has 0 saturated carbocycles. The monoisotopic (exact) mass is 570 g/mol. The molecule has 9 N–H and O–H groups in total. The summed E-state index contributed by atoms with van der Waals surface area (Å²) in [7, 11) is 0. The number of hydrogen-bond acceptors (Lipinski definition) is 13. The largest absolute Gasteiger partial charge is 0.481 e. The van der Waals surface area contributed by atoms with Crippen molar-refractivity contribution in [3.63, 3.8) is 0 Å². The van der Waals surface area contributed by atoms with Crippen molar-refractivity contribution in [1.82, 2.24) is 25.3 Å². The number of nitrogen functional groups attached to an aromatic ring is 1. The van der Waals surface area contributed by atoms with Crippen molar-refractivity contribution in [1.29, 1.82) is 0 Å². The van der Waals surface area contributed by atoms with Crippen LogP contribution >= 0.6 is 0 Å². The summed E-state index contributed by atoms with van der Waals surface area (Å²) in [6, 6.07) is 3.19. The lowest BCUT2D eigenvalue weighted by atomic mass is 10.1. The Kier molecular flexibility index (Phi) is 9.96. The van der Waals surface area contributed by atoms with Crippen molar-refractivity contribution in [2.75, 3.05) is 11.1 Å². The van der Waals surface area contributed by atoms with Crippen LogP contribution in [0.15, 0.2) is 35.3 Å². The fourth-order valence-electron chi connectivity index (χ4n) is 3.39. The van der Waals surface area contributed by atoms with Crippen LogP contribution in [0.5, 0.6) is 0 Å². The first kappa shape index (κ1) is 30.1. The molecule has 1 amide bonds. The molecule has 17 heteroatoms. The van der Waals surface area contributed by atoms with E-state index >= 15 is 0 Å². The van der Waals surface area contributed by atoms with Gasteiger partial charge in [0.05, 0.1) is 18.4 Å². The number of esters is 2. The molecule has 0 saturated heterocycles. The van der Waals surface area contributed by atoms with Gasteiger partial charge in [0.2, 0.25) is 5.95 Å². The smallest absolute Gasteiger partial charge is 0.330 e. The van der Waals surface area contributed by atoms with E-state index in [4.69, 9.17) is 16.6 Å². The molecule has 3 rings (SSSR count). The zero-order chi connectivity index (χ0) is 30.1. The zero-order valence-corrected chi connectivity index (χ0v) is 21.3. The van der Waals surface area contributed by atoms with Crippen LogP contribution in [0.3, 0.4) is 0 Å². The lowest BCUT2D eigenvalue weighted by Gasteiger charge is -2.15. The van der Waals surface area contributed by atoms with Gasteiger partial charge in [-0.25, -0.2) is 19.6 Å². The van der Waals surface area contributed by atoms with E-state index in [1.54, 1.807) is 12.1 Å². The first-order chi connectivity index (χ1) is 19.4. The van der Waals surface area contributed by atoms with Crippen LogP contribution in [0, 0.1) is 0 Å². The van der Waals surface area contributed by atoms with Crippen LogP contribution < -0.4 is 27.7 Å². The van der Waals surface area contributed by atoms with E-state index in [1.807, 2.05) is 0 Å². The van der Waals surface area contributed by atoms with Gasteiger partial charge < -0.3 is 37.1 Å². The van der Waals surface area contributed by atoms with E-state index in [2.05, 4.69) is 35.3 Å². The molecule has 0 spiro atoms. The van der Waals surface area contributed by atoms with Crippen molar-refractivity contribution in [2.45, 2.75) is 44.3 Å². The summed E-state index contributed by atoms with van der Waals surface area (Å²) in [6.07, 6.45) is -0.117. The number of anilines is 2. The van der Waals surface area contributed by atoms with Crippen LogP contribution in [-0.4, -0.2) is 72.0 Å². The minimum Gasteiger partial charge on any atom is -0.481 e. The van der Waals surface area contributed by atoms with Gasteiger partial charge in [-0.05, 0) is 37.1 Å². The van der Waals surface area contributed by atoms with E-state index in [0.717, 1.165) is 0 Å². The Balaban J connectivity index is 1.51. The number of ether oxygens (including phenoxy) is 1. The maximum Gasteiger partial charge on any atom is 0.330 e. The predicted octanol–water partition coefficient (Wildman–Crippen LogP) is -0.867. The Hall–Kier alpha value is -5.45. The third kappa shape index (κ3) is 8.79. The molecular formula is C24H26N8O9. The highest BCUT2D eigenvalue weighted by Gasteiger charge is 2.24. The maximum absolute atomic E-state index is 12.6. The number of carboxylic acid groups (broad SMARTS) is 2. The second kappa shape index (κ2) is 13.6. The second-order valence-corrected chi connectivity index (χ2v) is 8.65. The molecule has 41 heavy (non-hydrogen) atoms. The second-order valence-electron chi connectivity index (χ2n) is 8.65. The third-order valence-corrected chi connectivity index (χ3v) is 5.53. The number of benzene rings is 1. The Morgan fingerprint density at radius 2 is 1.73 bits per heavy atom. The summed E-state index contributed by atoms with van der Waals surface area (Å²) in [5.74, 6) is -5.60. The number of nitrogens with two attached hydrogens (primary N) is 2. The summed E-state index contributed by atoms with van der Waals surface area (Å²) < 4.78 is 4.52. The number of carbonyl (C=O) groups is 5. The average molecular weight is 571 g/mol. The molecule has 0 bridgehead atoms. The Morgan fingerprint density at radius 3 is 2.39 bits per heavy atom. The normalized spacial score (nSPS) is 12.2. The van der Waals surface area contributed by atoms with Crippen molar-refractivity contribution >= 4 is 52.6 Å². The average Bonchev–Trinajstić information content (AvgIpc) is 2.92. The fourth-order valence-corrected chi connectivity index (χ4v) is 3.39. The summed E-state index contributed by atoms with van der Waals surface area (Å²) >= 11 is 0. The number of fused-ring (bicyclic) bond motifs is 1. The molecule has 0 aliphatic heterocycles. The van der Waals surface area contributed by atoms with Crippen LogP contribution in [0.4, 0.5) is 11.6 Å². The quantitative estimate of drug-likeness (QED) is 0.0971. The van der Waals surface area contributed by atoms with Gasteiger partial charge in [0, 0.05) is 24.1 Å². The van der Waals surface area contributed by atoms with E-state index in [9.17, 15) is 33.9 Å². The summed E-state index contributed by atoms with van der Waals surface area (Å²) in [6.45, 7) is 0.183. The highest BCUT2D eigenvalue weighted by Crippen LogP contribution is 2.12. The van der Waals surface area contributed by atoms with Gasteiger partial charge in [-0.15, -0.1) is 0 Å². The lowest BCUT2D eigenvalue weighted by Crippen LogP contribution is -2.41. The van der Waals surface area contributed by atoms with Gasteiger partial charge in [0.25, 0.3) is 11.5 Å². The molecule has 2 aromatic heterocycles. The topological polar surface area (TPSA) is 283 Å². The minimum absolute atomic E-state index is 0.0256. The number of aromatic nitrogens is 4. The summed E-state index contributed by atoms with van der Waals surface area (Å²) in [5.41, 5.74) is 11.7. The fraction of sp³-hybridized carbons (Fsp3) is 0.292. The molecule has 0 radical (unpaired) electrons. The van der Waals surface area contributed by atoms with E-state index < -0.39 is 60.3 Å². The molecule has 1 aromatic carbocycles. The highest BCUT2D eigenvalue weighted by atomic mass is 16.6. The van der Waals surface area contributed by atoms with Crippen LogP contribution in [-0.2, 0) is 30.5 Å². The summed E-state index contributed by atoms with van der Waals surface area (Å²) in [5, 5.41) is 23.4. The van der Waals surface area contributed by atoms with Crippen LogP contribution in [0.1, 0.15) is 41.7 Å². The van der Waals surface area contributed by atoms with Crippen LogP contribution in [0.25, 0.3) is 11.2 Å². The van der Waals surface area contributed by atoms with E-state index in [-0.39, 0.29) is 42.1 Å². The van der Waals surface area contributed by atoms with Crippen LogP contribution in [0.2, 0.25) is 0 Å². The first-order valence-corrected chi connectivity index (χ1v) is 12.0. The van der Waals surface area contributed by atoms with Gasteiger partial charge in [-0.3, -0.25) is 24.2 Å². The molecule has 1 unspecified atom stereocenters. The molecular weight excluding hydrogens is 544 g/mol. The molecule has 17 nitrogen and oxygen atoms in total. The highest BCUT2D eigenvalue weighted by molar-refractivity contribution is 5.97. The van der Waals surface area contributed by atoms with E-state index in [1.165, 1.54) is 18.3 Å². The molecule has 0 aliphatic carbocycles. The number of hydrogen-bond donors (Lipinski definition) is 7. The number of carbonyl (C=O) groups excluding carboxylic acids is 3. The number of aliphatic carboxylic acids is 2. The van der Waals surface area contributed by atoms with Crippen molar-refractivity contribution in [2.24, 2.45) is 5.73 Å². The molecule has 2 heterocycles. The van der Waals surface area contributed by atoms with Crippen molar-refractivity contribution < 1.29 is 38.9 Å². The van der Waals surface area contributed by atoms with Crippen molar-refractivity contribution in [3.05, 3.63) is 52.1 Å². The summed E-state index contributed by atoms with van der Waals surface area (Å²) in [4.78, 5) is 84.9. The number of nitrogens with one attached hydrogen (secondary N) is 3.